The molecule has 1 aromatic heterocycles. The first-order chi connectivity index (χ1) is 10.1. The van der Waals surface area contributed by atoms with Gasteiger partial charge in [0.05, 0.1) is 0 Å². The molecule has 6 nitrogen and oxygen atoms in total. The summed E-state index contributed by atoms with van der Waals surface area (Å²) in [4.78, 5) is 29.1. The number of carboxylic acids is 1. The Kier molecular flexibility index (Phi) is 5.05. The minimum absolute atomic E-state index is 0.246. The molecular weight excluding hydrogens is 270 g/mol. The zero-order chi connectivity index (χ0) is 15.2. The molecule has 1 aliphatic heterocycles. The fraction of sp³-hybridized carbons (Fsp3) is 0.400. The molecule has 1 amide bonds. The number of nitrogens with one attached hydrogen (secondary N) is 1. The summed E-state index contributed by atoms with van der Waals surface area (Å²) in [5.74, 6) is -1.33. The van der Waals surface area contributed by atoms with Crippen LogP contribution in [0.2, 0.25) is 0 Å². The van der Waals surface area contributed by atoms with Crippen molar-refractivity contribution in [2.45, 2.75) is 18.9 Å². The van der Waals surface area contributed by atoms with Gasteiger partial charge in [0, 0.05) is 30.4 Å². The topological polar surface area (TPSA) is 82.5 Å². The number of nitrogens with zero attached hydrogens (tertiary/aromatic N) is 2. The van der Waals surface area contributed by atoms with Crippen LogP contribution in [0, 0.1) is 0 Å². The van der Waals surface area contributed by atoms with Crippen LogP contribution >= 0.6 is 0 Å². The van der Waals surface area contributed by atoms with E-state index in [0.29, 0.717) is 18.2 Å². The van der Waals surface area contributed by atoms with E-state index in [9.17, 15) is 9.59 Å². The molecule has 1 unspecified atom stereocenters. The fourth-order valence-corrected chi connectivity index (χ4v) is 2.43. The largest absolute Gasteiger partial charge is 0.478 e. The van der Waals surface area contributed by atoms with E-state index in [1.807, 2.05) is 7.05 Å². The highest BCUT2D eigenvalue weighted by Crippen LogP contribution is 2.14. The smallest absolute Gasteiger partial charge is 0.328 e. The average Bonchev–Trinajstić information content (AvgIpc) is 2.88. The van der Waals surface area contributed by atoms with Crippen molar-refractivity contribution in [3.8, 4) is 0 Å². The maximum absolute atomic E-state index is 12.2. The predicted molar refractivity (Wildman–Crippen MR) is 78.9 cm³/mol. The summed E-state index contributed by atoms with van der Waals surface area (Å²) in [5.41, 5.74) is 0.743. The van der Waals surface area contributed by atoms with Gasteiger partial charge in [-0.05, 0) is 38.6 Å². The first-order valence-electron chi connectivity index (χ1n) is 6.92. The number of aromatic nitrogens is 1. The Morgan fingerprint density at radius 2 is 2.38 bits per heavy atom. The maximum Gasteiger partial charge on any atom is 0.328 e. The summed E-state index contributed by atoms with van der Waals surface area (Å²) in [6.07, 6.45) is 6.12. The molecule has 1 atom stereocenters. The first kappa shape index (κ1) is 15.2. The zero-order valence-corrected chi connectivity index (χ0v) is 12.0. The van der Waals surface area contributed by atoms with E-state index >= 15 is 0 Å². The second kappa shape index (κ2) is 6.99. The molecule has 0 bridgehead atoms. The van der Waals surface area contributed by atoms with Crippen LogP contribution in [0.1, 0.15) is 28.9 Å². The van der Waals surface area contributed by atoms with Gasteiger partial charge < -0.3 is 15.3 Å². The Morgan fingerprint density at radius 3 is 3.05 bits per heavy atom. The number of hydrogen-bond donors (Lipinski definition) is 2. The van der Waals surface area contributed by atoms with E-state index in [4.69, 9.17) is 5.11 Å². The van der Waals surface area contributed by atoms with Crippen molar-refractivity contribution in [3.63, 3.8) is 0 Å². The van der Waals surface area contributed by atoms with Crippen molar-refractivity contribution in [1.82, 2.24) is 15.2 Å². The number of amides is 1. The Labute approximate surface area is 123 Å². The molecule has 2 heterocycles. The van der Waals surface area contributed by atoms with E-state index in [1.54, 1.807) is 12.1 Å². The van der Waals surface area contributed by atoms with Crippen molar-refractivity contribution >= 4 is 18.0 Å². The van der Waals surface area contributed by atoms with Gasteiger partial charge in [-0.2, -0.15) is 0 Å². The van der Waals surface area contributed by atoms with E-state index in [2.05, 4.69) is 15.2 Å². The van der Waals surface area contributed by atoms with Crippen LogP contribution in [0.3, 0.4) is 0 Å². The Hall–Kier alpha value is -2.21. The first-order valence-corrected chi connectivity index (χ1v) is 6.92. The minimum Gasteiger partial charge on any atom is -0.478 e. The van der Waals surface area contributed by atoms with E-state index in [1.165, 1.54) is 12.3 Å². The monoisotopic (exact) mass is 289 g/mol. The van der Waals surface area contributed by atoms with Crippen molar-refractivity contribution in [1.29, 1.82) is 0 Å². The molecule has 1 saturated heterocycles. The summed E-state index contributed by atoms with van der Waals surface area (Å²) in [7, 11) is 2.05. The number of carboxylic acid groups (broad SMARTS) is 1. The number of likely N-dealkylation sites (tertiary alicyclic amines) is 1. The Balaban J connectivity index is 2.03. The number of likely N-dealkylation sites (N-methyl/N-ethyl adjacent to an activating group) is 1. The molecule has 0 aliphatic carbocycles. The van der Waals surface area contributed by atoms with Gasteiger partial charge in [0.25, 0.3) is 5.91 Å². The highest BCUT2D eigenvalue weighted by molar-refractivity contribution is 5.97. The molecular formula is C15H19N3O3. The molecule has 0 radical (unpaired) electrons. The molecule has 0 aromatic carbocycles. The van der Waals surface area contributed by atoms with Gasteiger partial charge in [0.2, 0.25) is 0 Å². The van der Waals surface area contributed by atoms with Crippen LogP contribution in [0.5, 0.6) is 0 Å². The lowest BCUT2D eigenvalue weighted by atomic mass is 10.1. The Morgan fingerprint density at radius 1 is 1.57 bits per heavy atom. The summed E-state index contributed by atoms with van der Waals surface area (Å²) in [6.45, 7) is 1.63. The molecule has 0 spiro atoms. The van der Waals surface area contributed by atoms with Gasteiger partial charge in [-0.1, -0.05) is 6.07 Å². The molecule has 1 aromatic rings. The van der Waals surface area contributed by atoms with Gasteiger partial charge in [-0.15, -0.1) is 0 Å². The number of pyridine rings is 1. The van der Waals surface area contributed by atoms with E-state index in [-0.39, 0.29) is 11.6 Å². The number of aliphatic carboxylic acids is 1. The van der Waals surface area contributed by atoms with Crippen LogP contribution in [-0.4, -0.2) is 53.0 Å². The molecule has 21 heavy (non-hydrogen) atoms. The van der Waals surface area contributed by atoms with Crippen molar-refractivity contribution in [3.05, 3.63) is 35.7 Å². The van der Waals surface area contributed by atoms with Crippen LogP contribution in [0.4, 0.5) is 0 Å². The normalized spacial score (nSPS) is 19.0. The SMILES string of the molecule is CN1CCCC1CNC(=O)c1ncccc1/C=C/C(=O)O. The highest BCUT2D eigenvalue weighted by atomic mass is 16.4. The van der Waals surface area contributed by atoms with Crippen LogP contribution in [-0.2, 0) is 4.79 Å². The minimum atomic E-state index is -1.06. The molecule has 6 heteroatoms. The van der Waals surface area contributed by atoms with Gasteiger partial charge in [0.15, 0.2) is 0 Å². The third-order valence-electron chi connectivity index (χ3n) is 3.63. The molecule has 112 valence electrons. The van der Waals surface area contributed by atoms with Crippen LogP contribution < -0.4 is 5.32 Å². The molecule has 1 aliphatic rings. The van der Waals surface area contributed by atoms with Crippen LogP contribution in [0.15, 0.2) is 24.4 Å². The predicted octanol–water partition coefficient (Wildman–Crippen LogP) is 1.00. The van der Waals surface area contributed by atoms with Gasteiger partial charge >= 0.3 is 5.97 Å². The number of carbonyl (C=O) groups is 2. The second-order valence-electron chi connectivity index (χ2n) is 5.10. The molecule has 2 N–H and O–H groups in total. The van der Waals surface area contributed by atoms with Gasteiger partial charge in [-0.3, -0.25) is 9.78 Å². The van der Waals surface area contributed by atoms with E-state index in [0.717, 1.165) is 25.5 Å². The molecule has 1 fully saturated rings. The molecule has 2 rings (SSSR count). The third kappa shape index (κ3) is 4.13. The van der Waals surface area contributed by atoms with Crippen molar-refractivity contribution < 1.29 is 14.7 Å². The highest BCUT2D eigenvalue weighted by Gasteiger charge is 2.22. The average molecular weight is 289 g/mol. The summed E-state index contributed by atoms with van der Waals surface area (Å²) >= 11 is 0. The summed E-state index contributed by atoms with van der Waals surface area (Å²) < 4.78 is 0. The summed E-state index contributed by atoms with van der Waals surface area (Å²) in [6, 6.07) is 3.70. The second-order valence-corrected chi connectivity index (χ2v) is 5.10. The van der Waals surface area contributed by atoms with E-state index < -0.39 is 5.97 Å². The lowest BCUT2D eigenvalue weighted by Crippen LogP contribution is -2.38. The van der Waals surface area contributed by atoms with Gasteiger partial charge in [-0.25, -0.2) is 4.79 Å². The standard InChI is InChI=1S/C15H19N3O3/c1-18-9-3-5-12(18)10-17-15(21)14-11(4-2-8-16-14)6-7-13(19)20/h2,4,6-8,12H,3,5,9-10H2,1H3,(H,17,21)(H,19,20)/b7-6+. The quantitative estimate of drug-likeness (QED) is 0.790. The van der Waals surface area contributed by atoms with Crippen molar-refractivity contribution in [2.24, 2.45) is 0 Å². The third-order valence-corrected chi connectivity index (χ3v) is 3.63. The molecule has 0 saturated carbocycles. The lowest BCUT2D eigenvalue weighted by Gasteiger charge is -2.19. The zero-order valence-electron chi connectivity index (χ0n) is 12.0. The van der Waals surface area contributed by atoms with Crippen LogP contribution in [0.25, 0.3) is 6.08 Å². The van der Waals surface area contributed by atoms with Gasteiger partial charge in [0.1, 0.15) is 5.69 Å². The van der Waals surface area contributed by atoms with Crippen molar-refractivity contribution in [2.75, 3.05) is 20.1 Å². The fourth-order valence-electron chi connectivity index (χ4n) is 2.43. The number of hydrogen-bond acceptors (Lipinski definition) is 4. The lowest BCUT2D eigenvalue weighted by molar-refractivity contribution is -0.131. The number of carbonyl (C=O) groups excluding carboxylic acids is 1. The number of rotatable bonds is 5. The Bertz CT molecular complexity index is 557. The summed E-state index contributed by atoms with van der Waals surface area (Å²) in [5, 5.41) is 11.5. The maximum atomic E-state index is 12.2.